The number of piperidine rings is 1. The molecular formula is C13H25NO2. The van der Waals surface area contributed by atoms with Crippen molar-refractivity contribution in [1.29, 1.82) is 0 Å². The summed E-state index contributed by atoms with van der Waals surface area (Å²) in [6, 6.07) is 0. The van der Waals surface area contributed by atoms with Crippen LogP contribution in [0.4, 0.5) is 0 Å². The summed E-state index contributed by atoms with van der Waals surface area (Å²) in [5.74, 6) is 0.649. The van der Waals surface area contributed by atoms with E-state index in [1.807, 2.05) is 0 Å². The highest BCUT2D eigenvalue weighted by Gasteiger charge is 2.23. The van der Waals surface area contributed by atoms with Gasteiger partial charge in [-0.05, 0) is 37.0 Å². The summed E-state index contributed by atoms with van der Waals surface area (Å²) in [7, 11) is 0. The number of nitrogens with zero attached hydrogens (tertiary/aromatic N) is 1. The molecule has 3 nitrogen and oxygen atoms in total. The van der Waals surface area contributed by atoms with Gasteiger partial charge in [-0.1, -0.05) is 20.8 Å². The van der Waals surface area contributed by atoms with Gasteiger partial charge >= 0.3 is 0 Å². The quantitative estimate of drug-likeness (QED) is 0.801. The second-order valence-electron chi connectivity index (χ2n) is 6.08. The molecule has 1 saturated heterocycles. The molecule has 1 rings (SSSR count). The molecule has 1 N–H and O–H groups in total. The maximum absolute atomic E-state index is 11.3. The summed E-state index contributed by atoms with van der Waals surface area (Å²) in [5.41, 5.74) is 0.415. The molecule has 0 aromatic heterocycles. The first-order chi connectivity index (χ1) is 7.42. The molecule has 3 heteroatoms. The molecule has 0 saturated carbocycles. The maximum Gasteiger partial charge on any atom is 0.248 e. The summed E-state index contributed by atoms with van der Waals surface area (Å²) in [6.07, 6.45) is 4.72. The van der Waals surface area contributed by atoms with Crippen molar-refractivity contribution in [1.82, 2.24) is 4.90 Å². The Kier molecular flexibility index (Phi) is 4.78. The van der Waals surface area contributed by atoms with E-state index in [1.165, 1.54) is 12.8 Å². The van der Waals surface area contributed by atoms with E-state index in [0.717, 1.165) is 31.8 Å². The van der Waals surface area contributed by atoms with Crippen LogP contribution < -0.4 is 0 Å². The number of carbonyl (C=O) groups excluding carboxylic acids is 1. The highest BCUT2D eigenvalue weighted by Crippen LogP contribution is 2.28. The largest absolute Gasteiger partial charge is 0.387 e. The Morgan fingerprint density at radius 2 is 1.88 bits per heavy atom. The smallest absolute Gasteiger partial charge is 0.248 e. The number of aliphatic hydroxyl groups excluding tert-OH is 1. The Balaban J connectivity index is 2.24. The number of rotatable bonds is 3. The lowest BCUT2D eigenvalue weighted by Gasteiger charge is -2.32. The molecule has 0 aromatic carbocycles. The number of carbonyl (C=O) groups is 1. The minimum Gasteiger partial charge on any atom is -0.387 e. The summed E-state index contributed by atoms with van der Waals surface area (Å²) in [4.78, 5) is 13.1. The summed E-state index contributed by atoms with van der Waals surface area (Å²) in [6.45, 7) is 8.14. The highest BCUT2D eigenvalue weighted by molar-refractivity contribution is 5.77. The van der Waals surface area contributed by atoms with Crippen LogP contribution in [0, 0.1) is 11.3 Å². The molecule has 1 heterocycles. The van der Waals surface area contributed by atoms with Crippen LogP contribution in [-0.2, 0) is 4.79 Å². The van der Waals surface area contributed by atoms with Gasteiger partial charge in [-0.2, -0.15) is 0 Å². The lowest BCUT2D eigenvalue weighted by molar-refractivity contribution is -0.135. The van der Waals surface area contributed by atoms with Crippen molar-refractivity contribution in [3.63, 3.8) is 0 Å². The van der Waals surface area contributed by atoms with Gasteiger partial charge in [-0.15, -0.1) is 0 Å². The van der Waals surface area contributed by atoms with Crippen LogP contribution in [0.25, 0.3) is 0 Å². The molecule has 1 aliphatic heterocycles. The fourth-order valence-corrected chi connectivity index (χ4v) is 2.21. The van der Waals surface area contributed by atoms with Crippen LogP contribution in [0.5, 0.6) is 0 Å². The van der Waals surface area contributed by atoms with Crippen LogP contribution in [0.1, 0.15) is 46.5 Å². The number of hydrogen-bond donors (Lipinski definition) is 1. The molecule has 94 valence electrons. The Hall–Kier alpha value is -0.570. The standard InChI is InChI=1S/C13H25NO2/c1-13(2,3)7-4-11-5-8-14(9-6-11)12(16)10-15/h11,15H,4-10H2,1-3H3. The minimum atomic E-state index is -0.341. The molecule has 0 aliphatic carbocycles. The van der Waals surface area contributed by atoms with Crippen LogP contribution in [0.3, 0.4) is 0 Å². The van der Waals surface area contributed by atoms with E-state index in [4.69, 9.17) is 5.11 Å². The fourth-order valence-electron chi connectivity index (χ4n) is 2.21. The van der Waals surface area contributed by atoms with Gasteiger partial charge < -0.3 is 10.0 Å². The van der Waals surface area contributed by atoms with Gasteiger partial charge in [0.15, 0.2) is 0 Å². The second-order valence-corrected chi connectivity index (χ2v) is 6.08. The van der Waals surface area contributed by atoms with Crippen LogP contribution in [0.15, 0.2) is 0 Å². The predicted octanol–water partition coefficient (Wildman–Crippen LogP) is 2.04. The van der Waals surface area contributed by atoms with Crippen molar-refractivity contribution in [2.45, 2.75) is 46.5 Å². The number of hydrogen-bond acceptors (Lipinski definition) is 2. The Morgan fingerprint density at radius 1 is 1.31 bits per heavy atom. The highest BCUT2D eigenvalue weighted by atomic mass is 16.3. The summed E-state index contributed by atoms with van der Waals surface area (Å²) in [5, 5.41) is 8.77. The van der Waals surface area contributed by atoms with Crippen molar-refractivity contribution >= 4 is 5.91 Å². The molecule has 0 spiro atoms. The maximum atomic E-state index is 11.3. The Bertz CT molecular complexity index is 225. The molecule has 0 aromatic rings. The van der Waals surface area contributed by atoms with Gasteiger partial charge in [0.2, 0.25) is 5.91 Å². The lowest BCUT2D eigenvalue weighted by Crippen LogP contribution is -2.40. The van der Waals surface area contributed by atoms with Crippen molar-refractivity contribution in [2.24, 2.45) is 11.3 Å². The summed E-state index contributed by atoms with van der Waals surface area (Å²) < 4.78 is 0. The second kappa shape index (κ2) is 5.67. The van der Waals surface area contributed by atoms with Gasteiger partial charge in [0.1, 0.15) is 6.61 Å². The van der Waals surface area contributed by atoms with E-state index >= 15 is 0 Å². The van der Waals surface area contributed by atoms with Gasteiger partial charge in [-0.25, -0.2) is 0 Å². The minimum absolute atomic E-state index is 0.116. The third kappa shape index (κ3) is 4.52. The zero-order chi connectivity index (χ0) is 12.2. The molecule has 0 atom stereocenters. The van der Waals surface area contributed by atoms with E-state index in [-0.39, 0.29) is 12.5 Å². The van der Waals surface area contributed by atoms with E-state index < -0.39 is 0 Å². The molecule has 1 fully saturated rings. The molecule has 0 radical (unpaired) electrons. The fraction of sp³-hybridized carbons (Fsp3) is 0.923. The molecule has 0 bridgehead atoms. The van der Waals surface area contributed by atoms with Gasteiger partial charge in [0.25, 0.3) is 0 Å². The van der Waals surface area contributed by atoms with E-state index in [2.05, 4.69) is 20.8 Å². The van der Waals surface area contributed by atoms with Crippen LogP contribution >= 0.6 is 0 Å². The van der Waals surface area contributed by atoms with Gasteiger partial charge in [0, 0.05) is 13.1 Å². The van der Waals surface area contributed by atoms with Crippen molar-refractivity contribution in [3.8, 4) is 0 Å². The van der Waals surface area contributed by atoms with Crippen molar-refractivity contribution < 1.29 is 9.90 Å². The summed E-state index contributed by atoms with van der Waals surface area (Å²) >= 11 is 0. The molecular weight excluding hydrogens is 202 g/mol. The first kappa shape index (κ1) is 13.5. The topological polar surface area (TPSA) is 40.5 Å². The number of aliphatic hydroxyl groups is 1. The number of amides is 1. The van der Waals surface area contributed by atoms with E-state index in [1.54, 1.807) is 4.90 Å². The first-order valence-corrected chi connectivity index (χ1v) is 6.31. The molecule has 1 amide bonds. The van der Waals surface area contributed by atoms with Crippen LogP contribution in [-0.4, -0.2) is 35.6 Å². The van der Waals surface area contributed by atoms with Crippen molar-refractivity contribution in [3.05, 3.63) is 0 Å². The van der Waals surface area contributed by atoms with Gasteiger partial charge in [-0.3, -0.25) is 4.79 Å². The third-order valence-corrected chi connectivity index (χ3v) is 3.41. The average molecular weight is 227 g/mol. The lowest BCUT2D eigenvalue weighted by atomic mass is 9.83. The third-order valence-electron chi connectivity index (χ3n) is 3.41. The monoisotopic (exact) mass is 227 g/mol. The first-order valence-electron chi connectivity index (χ1n) is 6.31. The van der Waals surface area contributed by atoms with Gasteiger partial charge in [0.05, 0.1) is 0 Å². The molecule has 0 unspecified atom stereocenters. The van der Waals surface area contributed by atoms with Crippen LogP contribution in [0.2, 0.25) is 0 Å². The average Bonchev–Trinajstić information content (AvgIpc) is 2.25. The normalized spacial score (nSPS) is 18.9. The van der Waals surface area contributed by atoms with E-state index in [0.29, 0.717) is 5.41 Å². The molecule has 1 aliphatic rings. The zero-order valence-corrected chi connectivity index (χ0v) is 10.8. The van der Waals surface area contributed by atoms with Crippen molar-refractivity contribution in [2.75, 3.05) is 19.7 Å². The number of likely N-dealkylation sites (tertiary alicyclic amines) is 1. The van der Waals surface area contributed by atoms with E-state index in [9.17, 15) is 4.79 Å². The Labute approximate surface area is 98.8 Å². The predicted molar refractivity (Wildman–Crippen MR) is 65.1 cm³/mol. The Morgan fingerprint density at radius 3 is 2.31 bits per heavy atom. The zero-order valence-electron chi connectivity index (χ0n) is 10.8. The SMILES string of the molecule is CC(C)(C)CCC1CCN(C(=O)CO)CC1. The molecule has 16 heavy (non-hydrogen) atoms.